The number of aryl methyl sites for hydroxylation is 1. The monoisotopic (exact) mass is 262 g/mol. The number of amides is 1. The first-order valence-corrected chi connectivity index (χ1v) is 6.85. The Morgan fingerprint density at radius 3 is 2.84 bits per heavy atom. The maximum atomic E-state index is 11.9. The summed E-state index contributed by atoms with van der Waals surface area (Å²) in [6.45, 7) is 6.23. The van der Waals surface area contributed by atoms with E-state index in [1.165, 1.54) is 5.56 Å². The lowest BCUT2D eigenvalue weighted by Gasteiger charge is -2.17. The third-order valence-corrected chi connectivity index (χ3v) is 3.34. The van der Waals surface area contributed by atoms with E-state index >= 15 is 0 Å². The quantitative estimate of drug-likeness (QED) is 0.845. The minimum Gasteiger partial charge on any atom is -0.491 e. The first-order valence-electron chi connectivity index (χ1n) is 6.85. The van der Waals surface area contributed by atoms with E-state index in [-0.39, 0.29) is 17.9 Å². The lowest BCUT2D eigenvalue weighted by Crippen LogP contribution is -2.41. The van der Waals surface area contributed by atoms with Gasteiger partial charge in [0.1, 0.15) is 12.4 Å². The van der Waals surface area contributed by atoms with E-state index in [9.17, 15) is 4.79 Å². The molecule has 19 heavy (non-hydrogen) atoms. The van der Waals surface area contributed by atoms with Crippen LogP contribution < -0.4 is 15.4 Å². The fourth-order valence-corrected chi connectivity index (χ4v) is 2.14. The second-order valence-electron chi connectivity index (χ2n) is 5.22. The molecule has 1 saturated heterocycles. The van der Waals surface area contributed by atoms with Crippen molar-refractivity contribution in [2.75, 3.05) is 19.7 Å². The van der Waals surface area contributed by atoms with Crippen LogP contribution in [0.5, 0.6) is 5.75 Å². The molecular weight excluding hydrogens is 240 g/mol. The van der Waals surface area contributed by atoms with Crippen LogP contribution in [0.15, 0.2) is 24.3 Å². The van der Waals surface area contributed by atoms with Crippen molar-refractivity contribution in [3.63, 3.8) is 0 Å². The van der Waals surface area contributed by atoms with Gasteiger partial charge >= 0.3 is 0 Å². The summed E-state index contributed by atoms with van der Waals surface area (Å²) in [4.78, 5) is 11.9. The summed E-state index contributed by atoms with van der Waals surface area (Å²) < 4.78 is 5.66. The van der Waals surface area contributed by atoms with Crippen molar-refractivity contribution >= 4 is 5.91 Å². The van der Waals surface area contributed by atoms with Gasteiger partial charge in [-0.25, -0.2) is 0 Å². The Labute approximate surface area is 114 Å². The van der Waals surface area contributed by atoms with Crippen LogP contribution in [0.3, 0.4) is 0 Å². The molecule has 1 aromatic carbocycles. The lowest BCUT2D eigenvalue weighted by atomic mass is 10.1. The zero-order valence-corrected chi connectivity index (χ0v) is 11.6. The van der Waals surface area contributed by atoms with E-state index < -0.39 is 0 Å². The zero-order valence-electron chi connectivity index (χ0n) is 11.6. The first-order chi connectivity index (χ1) is 9.15. The molecule has 0 bridgehead atoms. The van der Waals surface area contributed by atoms with Crippen molar-refractivity contribution < 1.29 is 9.53 Å². The molecular formula is C15H22N2O2. The summed E-state index contributed by atoms with van der Waals surface area (Å²) >= 11 is 0. The summed E-state index contributed by atoms with van der Waals surface area (Å²) in [7, 11) is 0. The lowest BCUT2D eigenvalue weighted by molar-refractivity contribution is -0.125. The molecule has 2 unspecified atom stereocenters. The maximum Gasteiger partial charge on any atom is 0.224 e. The number of carbonyl (C=O) groups is 1. The molecule has 0 aliphatic carbocycles. The Morgan fingerprint density at radius 2 is 2.21 bits per heavy atom. The van der Waals surface area contributed by atoms with Gasteiger partial charge in [0, 0.05) is 6.54 Å². The molecule has 1 amide bonds. The van der Waals surface area contributed by atoms with Crippen LogP contribution in [0.25, 0.3) is 0 Å². The number of ether oxygens (including phenoxy) is 1. The minimum atomic E-state index is 0.0226. The van der Waals surface area contributed by atoms with Crippen LogP contribution in [0, 0.1) is 12.8 Å². The molecule has 1 aliphatic heterocycles. The smallest absolute Gasteiger partial charge is 0.224 e. The van der Waals surface area contributed by atoms with Gasteiger partial charge in [0.05, 0.1) is 12.0 Å². The molecule has 4 heteroatoms. The molecule has 2 atom stereocenters. The normalized spacial score (nSPS) is 20.0. The van der Waals surface area contributed by atoms with Gasteiger partial charge in [-0.3, -0.25) is 4.79 Å². The highest BCUT2D eigenvalue weighted by atomic mass is 16.5. The van der Waals surface area contributed by atoms with Crippen LogP contribution in [-0.2, 0) is 4.79 Å². The summed E-state index contributed by atoms with van der Waals surface area (Å²) in [6.07, 6.45) is 0.928. The van der Waals surface area contributed by atoms with Gasteiger partial charge in [-0.1, -0.05) is 17.7 Å². The van der Waals surface area contributed by atoms with Gasteiger partial charge in [0.2, 0.25) is 5.91 Å². The van der Waals surface area contributed by atoms with E-state index in [2.05, 4.69) is 10.6 Å². The first kappa shape index (κ1) is 13.9. The molecule has 1 aromatic rings. The van der Waals surface area contributed by atoms with Gasteiger partial charge in [0.25, 0.3) is 0 Å². The molecule has 0 spiro atoms. The van der Waals surface area contributed by atoms with Crippen molar-refractivity contribution in [1.29, 1.82) is 0 Å². The summed E-state index contributed by atoms with van der Waals surface area (Å²) in [5.41, 5.74) is 1.21. The van der Waals surface area contributed by atoms with Crippen LogP contribution in [0.2, 0.25) is 0 Å². The number of nitrogens with one attached hydrogen (secondary N) is 2. The standard InChI is InChI=1S/C15H22N2O2/c1-11-3-5-14(6-4-11)19-10-12(2)17-15(18)13-7-8-16-9-13/h3-6,12-13,16H,7-10H2,1-2H3,(H,17,18). The molecule has 1 heterocycles. The van der Waals surface area contributed by atoms with E-state index in [0.29, 0.717) is 6.61 Å². The zero-order chi connectivity index (χ0) is 13.7. The summed E-state index contributed by atoms with van der Waals surface area (Å²) in [6, 6.07) is 7.95. The Balaban J connectivity index is 1.73. The fraction of sp³-hybridized carbons (Fsp3) is 0.533. The number of rotatable bonds is 5. The third-order valence-electron chi connectivity index (χ3n) is 3.34. The predicted octanol–water partition coefficient (Wildman–Crippen LogP) is 1.49. The second-order valence-corrected chi connectivity index (χ2v) is 5.22. The third kappa shape index (κ3) is 4.24. The summed E-state index contributed by atoms with van der Waals surface area (Å²) in [5, 5.41) is 6.20. The van der Waals surface area contributed by atoms with E-state index in [4.69, 9.17) is 4.74 Å². The van der Waals surface area contributed by atoms with Crippen LogP contribution in [0.1, 0.15) is 18.9 Å². The van der Waals surface area contributed by atoms with E-state index in [1.54, 1.807) is 0 Å². The summed E-state index contributed by atoms with van der Waals surface area (Å²) in [5.74, 6) is 1.08. The molecule has 2 N–H and O–H groups in total. The van der Waals surface area contributed by atoms with Crippen LogP contribution in [0.4, 0.5) is 0 Å². The van der Waals surface area contributed by atoms with Gasteiger partial charge < -0.3 is 15.4 Å². The topological polar surface area (TPSA) is 50.4 Å². The Hall–Kier alpha value is -1.55. The fourth-order valence-electron chi connectivity index (χ4n) is 2.14. The van der Waals surface area contributed by atoms with Crippen molar-refractivity contribution in [3.05, 3.63) is 29.8 Å². The van der Waals surface area contributed by atoms with E-state index in [0.717, 1.165) is 25.3 Å². The molecule has 2 rings (SSSR count). The number of hydrogen-bond acceptors (Lipinski definition) is 3. The number of hydrogen-bond donors (Lipinski definition) is 2. The second kappa shape index (κ2) is 6.57. The average molecular weight is 262 g/mol. The van der Waals surface area contributed by atoms with Gasteiger partial charge in [-0.05, 0) is 38.9 Å². The Kier molecular flexibility index (Phi) is 4.80. The molecule has 4 nitrogen and oxygen atoms in total. The molecule has 1 aliphatic rings. The SMILES string of the molecule is Cc1ccc(OCC(C)NC(=O)C2CCNC2)cc1. The van der Waals surface area contributed by atoms with Crippen molar-refractivity contribution in [2.45, 2.75) is 26.3 Å². The maximum absolute atomic E-state index is 11.9. The van der Waals surface area contributed by atoms with E-state index in [1.807, 2.05) is 38.1 Å². The van der Waals surface area contributed by atoms with Gasteiger partial charge in [-0.15, -0.1) is 0 Å². The minimum absolute atomic E-state index is 0.0226. The van der Waals surface area contributed by atoms with Crippen LogP contribution >= 0.6 is 0 Å². The van der Waals surface area contributed by atoms with Gasteiger partial charge in [0.15, 0.2) is 0 Å². The highest BCUT2D eigenvalue weighted by Crippen LogP contribution is 2.12. The highest BCUT2D eigenvalue weighted by Gasteiger charge is 2.23. The number of benzene rings is 1. The molecule has 0 aromatic heterocycles. The Morgan fingerprint density at radius 1 is 1.47 bits per heavy atom. The van der Waals surface area contributed by atoms with Gasteiger partial charge in [-0.2, -0.15) is 0 Å². The van der Waals surface area contributed by atoms with Crippen molar-refractivity contribution in [3.8, 4) is 5.75 Å². The van der Waals surface area contributed by atoms with Crippen molar-refractivity contribution in [1.82, 2.24) is 10.6 Å². The largest absolute Gasteiger partial charge is 0.491 e. The number of carbonyl (C=O) groups excluding carboxylic acids is 1. The predicted molar refractivity (Wildman–Crippen MR) is 75.3 cm³/mol. The van der Waals surface area contributed by atoms with Crippen LogP contribution in [-0.4, -0.2) is 31.6 Å². The molecule has 0 radical (unpaired) electrons. The Bertz CT molecular complexity index is 411. The average Bonchev–Trinajstić information content (AvgIpc) is 2.92. The molecule has 0 saturated carbocycles. The molecule has 1 fully saturated rings. The molecule has 104 valence electrons. The highest BCUT2D eigenvalue weighted by molar-refractivity contribution is 5.79. The van der Waals surface area contributed by atoms with Crippen molar-refractivity contribution in [2.24, 2.45) is 5.92 Å².